The summed E-state index contributed by atoms with van der Waals surface area (Å²) in [6.07, 6.45) is -1.48. The van der Waals surface area contributed by atoms with Crippen molar-refractivity contribution in [2.24, 2.45) is 0 Å². The van der Waals surface area contributed by atoms with Crippen LogP contribution in [0.3, 0.4) is 0 Å². The van der Waals surface area contributed by atoms with Gasteiger partial charge in [-0.05, 0) is 54.8 Å². The molecule has 2 aromatic heterocycles. The van der Waals surface area contributed by atoms with Crippen molar-refractivity contribution in [3.8, 4) is 11.3 Å². The van der Waals surface area contributed by atoms with Crippen LogP contribution in [0, 0.1) is 5.82 Å². The number of carbonyl (C=O) groups excluding carboxylic acids is 2. The summed E-state index contributed by atoms with van der Waals surface area (Å²) < 4.78 is 46.7. The standard InChI is InChI=1S/C23H18FN3O.C2HF3O2/c24-18-11-9-16(10-12-18)20-19-8-4-5-15-27(19)21(25-20)22(28)26-23(13-14-23)17-6-2-1-3-7-17;3-2(4,5)1(6)7/h1-12,15H,13-14H2,(H,26,28);(H,6,7). The third-order valence-corrected chi connectivity index (χ3v) is 5.61. The van der Waals surface area contributed by atoms with E-state index in [9.17, 15) is 22.4 Å². The number of hydrogen-bond donors (Lipinski definition) is 2. The first-order valence-electron chi connectivity index (χ1n) is 10.6. The zero-order chi connectivity index (χ0) is 25.2. The number of nitrogens with zero attached hydrogens (tertiary/aromatic N) is 1. The van der Waals surface area contributed by atoms with Crippen LogP contribution in [-0.4, -0.2) is 23.0 Å². The van der Waals surface area contributed by atoms with Gasteiger partial charge in [-0.2, -0.15) is 17.6 Å². The Kier molecular flexibility index (Phi) is 6.29. The van der Waals surface area contributed by atoms with E-state index in [0.29, 0.717) is 5.82 Å². The lowest BCUT2D eigenvalue weighted by Crippen LogP contribution is -2.40. The van der Waals surface area contributed by atoms with Crippen molar-refractivity contribution in [1.29, 1.82) is 0 Å². The highest BCUT2D eigenvalue weighted by Crippen LogP contribution is 2.45. The van der Waals surface area contributed by atoms with Crippen LogP contribution in [-0.2, 0) is 10.3 Å². The monoisotopic (exact) mass is 485 g/mol. The molecular formula is C25H19F4N3O3. The Balaban J connectivity index is 0.000000364. The average Bonchev–Trinajstić information content (AvgIpc) is 3.51. The van der Waals surface area contributed by atoms with E-state index in [1.807, 2.05) is 47.0 Å². The number of amides is 1. The Morgan fingerprint density at radius 1 is 0.943 bits per heavy atom. The summed E-state index contributed by atoms with van der Waals surface area (Å²) in [6, 6.07) is 22.1. The molecule has 0 radical (unpaired) electrons. The molecule has 10 heteroatoms. The Hall–Kier alpha value is -4.21. The summed E-state index contributed by atoms with van der Waals surface area (Å²) in [4.78, 5) is 25.2. The minimum atomic E-state index is -5.19. The fourth-order valence-electron chi connectivity index (χ4n) is 3.73. The molecule has 6 nitrogen and oxygen atoms in total. The Morgan fingerprint density at radius 3 is 2.11 bits per heavy atom. The van der Waals surface area contributed by atoms with E-state index in [-0.39, 0.29) is 17.3 Å². The van der Waals surface area contributed by atoms with Gasteiger partial charge in [0.25, 0.3) is 0 Å². The molecule has 5 rings (SSSR count). The van der Waals surface area contributed by atoms with E-state index >= 15 is 0 Å². The number of nitrogens with one attached hydrogen (secondary N) is 2. The van der Waals surface area contributed by atoms with Crippen LogP contribution in [0.1, 0.15) is 29.0 Å². The van der Waals surface area contributed by atoms with Crippen molar-refractivity contribution < 1.29 is 36.7 Å². The molecular weight excluding hydrogens is 466 g/mol. The van der Waals surface area contributed by atoms with Crippen molar-refractivity contribution in [3.05, 3.63) is 96.2 Å². The first-order valence-corrected chi connectivity index (χ1v) is 10.6. The number of carboxylic acid groups (broad SMARTS) is 1. The van der Waals surface area contributed by atoms with E-state index < -0.39 is 12.1 Å². The van der Waals surface area contributed by atoms with Gasteiger partial charge in [-0.15, -0.1) is 0 Å². The summed E-state index contributed by atoms with van der Waals surface area (Å²) in [5.74, 6) is -3.00. The number of carbonyl (C=O) groups is 2. The molecule has 2 heterocycles. The van der Waals surface area contributed by atoms with E-state index in [0.717, 1.165) is 35.2 Å². The van der Waals surface area contributed by atoms with Crippen LogP contribution in [0.4, 0.5) is 17.6 Å². The average molecular weight is 485 g/mol. The number of aromatic amines is 1. The van der Waals surface area contributed by atoms with Gasteiger partial charge in [0.1, 0.15) is 11.8 Å². The highest BCUT2D eigenvalue weighted by atomic mass is 19.4. The first-order chi connectivity index (χ1) is 16.6. The lowest BCUT2D eigenvalue weighted by molar-refractivity contribution is -0.514. The van der Waals surface area contributed by atoms with Crippen molar-refractivity contribution in [2.45, 2.75) is 24.6 Å². The minimum absolute atomic E-state index is 0.157. The molecule has 1 fully saturated rings. The predicted octanol–water partition coefficient (Wildman–Crippen LogP) is 3.28. The summed E-state index contributed by atoms with van der Waals surface area (Å²) in [5, 5.41) is 12.0. The van der Waals surface area contributed by atoms with Gasteiger partial charge in [0.2, 0.25) is 0 Å². The number of aromatic nitrogens is 2. The number of hydrogen-bond acceptors (Lipinski definition) is 3. The SMILES string of the molecule is O=C(NC1(c2ccccc2)CC1)c1[nH]c(-c2ccc(F)cc2)c2cccc[n+]12.O=C([O-])C(F)(F)F. The molecule has 0 bridgehead atoms. The van der Waals surface area contributed by atoms with Gasteiger partial charge in [-0.3, -0.25) is 4.79 Å². The van der Waals surface area contributed by atoms with E-state index in [4.69, 9.17) is 9.90 Å². The van der Waals surface area contributed by atoms with Gasteiger partial charge in [0.15, 0.2) is 11.2 Å². The number of imidazole rings is 1. The smallest absolute Gasteiger partial charge is 0.430 e. The van der Waals surface area contributed by atoms with Crippen LogP contribution in [0.25, 0.3) is 16.8 Å². The Bertz CT molecular complexity index is 1360. The second-order valence-electron chi connectivity index (χ2n) is 8.00. The number of aliphatic carboxylic acids is 1. The van der Waals surface area contributed by atoms with E-state index in [1.165, 1.54) is 12.1 Å². The summed E-state index contributed by atoms with van der Waals surface area (Å²) in [6.45, 7) is 0. The molecule has 35 heavy (non-hydrogen) atoms. The van der Waals surface area contributed by atoms with Crippen molar-refractivity contribution in [1.82, 2.24) is 10.3 Å². The van der Waals surface area contributed by atoms with Crippen molar-refractivity contribution in [3.63, 3.8) is 0 Å². The number of halogens is 4. The quantitative estimate of drug-likeness (QED) is 0.344. The molecule has 0 unspecified atom stereocenters. The molecule has 180 valence electrons. The van der Waals surface area contributed by atoms with Crippen LogP contribution in [0.5, 0.6) is 0 Å². The highest BCUT2D eigenvalue weighted by Gasteiger charge is 2.47. The predicted molar refractivity (Wildman–Crippen MR) is 115 cm³/mol. The number of carboxylic acids is 1. The number of rotatable bonds is 4. The lowest BCUT2D eigenvalue weighted by atomic mass is 10.1. The molecule has 2 aromatic carbocycles. The summed E-state index contributed by atoms with van der Waals surface area (Å²) >= 11 is 0. The van der Waals surface area contributed by atoms with Crippen LogP contribution >= 0.6 is 0 Å². The Morgan fingerprint density at radius 2 is 1.54 bits per heavy atom. The third kappa shape index (κ3) is 5.16. The number of benzene rings is 2. The van der Waals surface area contributed by atoms with Gasteiger partial charge < -0.3 is 15.2 Å². The van der Waals surface area contributed by atoms with Crippen LogP contribution in [0.15, 0.2) is 79.0 Å². The molecule has 0 aliphatic heterocycles. The molecule has 0 spiro atoms. The van der Waals surface area contributed by atoms with Gasteiger partial charge in [-0.25, -0.2) is 9.37 Å². The molecule has 1 amide bonds. The molecule has 0 saturated heterocycles. The maximum atomic E-state index is 13.3. The normalized spacial score (nSPS) is 14.1. The molecule has 1 aliphatic carbocycles. The number of pyridine rings is 1. The molecule has 2 N–H and O–H groups in total. The van der Waals surface area contributed by atoms with E-state index in [2.05, 4.69) is 22.4 Å². The van der Waals surface area contributed by atoms with Crippen LogP contribution < -0.4 is 14.8 Å². The third-order valence-electron chi connectivity index (χ3n) is 5.61. The van der Waals surface area contributed by atoms with Crippen molar-refractivity contribution >= 4 is 17.4 Å². The largest absolute Gasteiger partial charge is 0.542 e. The number of alkyl halides is 3. The first kappa shape index (κ1) is 23.9. The number of H-pyrrole nitrogens is 1. The highest BCUT2D eigenvalue weighted by molar-refractivity contribution is 5.92. The molecule has 0 atom stereocenters. The maximum absolute atomic E-state index is 13.3. The zero-order valence-corrected chi connectivity index (χ0v) is 18.1. The topological polar surface area (TPSA) is 89.1 Å². The fourth-order valence-corrected chi connectivity index (χ4v) is 3.73. The minimum Gasteiger partial charge on any atom is -0.542 e. The zero-order valence-electron chi connectivity index (χ0n) is 18.1. The molecule has 4 aromatic rings. The second-order valence-corrected chi connectivity index (χ2v) is 8.00. The van der Waals surface area contributed by atoms with Crippen LogP contribution in [0.2, 0.25) is 0 Å². The van der Waals surface area contributed by atoms with Gasteiger partial charge in [0, 0.05) is 5.56 Å². The van der Waals surface area contributed by atoms with Gasteiger partial charge in [0.05, 0.1) is 11.7 Å². The van der Waals surface area contributed by atoms with Crippen molar-refractivity contribution in [2.75, 3.05) is 0 Å². The van der Waals surface area contributed by atoms with E-state index in [1.54, 1.807) is 12.1 Å². The fraction of sp³-hybridized carbons (Fsp3) is 0.160. The maximum Gasteiger partial charge on any atom is 0.430 e. The lowest BCUT2D eigenvalue weighted by Gasteiger charge is -2.16. The van der Waals surface area contributed by atoms with Gasteiger partial charge in [-0.1, -0.05) is 36.4 Å². The molecule has 1 saturated carbocycles. The number of fused-ring (bicyclic) bond motifs is 1. The molecule has 1 aliphatic rings. The summed E-state index contributed by atoms with van der Waals surface area (Å²) in [5.41, 5.74) is 3.32. The Labute approximate surface area is 196 Å². The second kappa shape index (κ2) is 9.21. The summed E-state index contributed by atoms with van der Waals surface area (Å²) in [7, 11) is 0. The van der Waals surface area contributed by atoms with Gasteiger partial charge >= 0.3 is 17.9 Å².